The van der Waals surface area contributed by atoms with Gasteiger partial charge in [-0.1, -0.05) is 23.2 Å². The molecule has 0 aliphatic heterocycles. The number of ether oxygens (including phenoxy) is 2. The zero-order valence-corrected chi connectivity index (χ0v) is 14.6. The van der Waals surface area contributed by atoms with Gasteiger partial charge in [0.15, 0.2) is 6.10 Å². The monoisotopic (exact) mass is 377 g/mol. The number of fused-ring (bicyclic) bond motifs is 1. The Morgan fingerprint density at radius 3 is 2.44 bits per heavy atom. The van der Waals surface area contributed by atoms with E-state index in [0.29, 0.717) is 32.9 Å². The van der Waals surface area contributed by atoms with Crippen molar-refractivity contribution in [2.75, 3.05) is 0 Å². The number of carboxylic acids is 1. The first kappa shape index (κ1) is 17.3. The molecule has 0 saturated carbocycles. The first-order chi connectivity index (χ1) is 11.9. The minimum atomic E-state index is -1.03. The Bertz CT molecular complexity index is 928. The third-order valence-electron chi connectivity index (χ3n) is 3.40. The summed E-state index contributed by atoms with van der Waals surface area (Å²) in [6.07, 6.45) is -0.927. The van der Waals surface area contributed by atoms with Crippen LogP contribution in [-0.2, 0) is 4.79 Å². The van der Waals surface area contributed by atoms with Crippen molar-refractivity contribution in [1.82, 2.24) is 4.98 Å². The molecule has 0 aliphatic carbocycles. The molecule has 1 atom stereocenters. The first-order valence-electron chi connectivity index (χ1n) is 7.35. The number of carboxylic acid groups (broad SMARTS) is 1. The highest BCUT2D eigenvalue weighted by Gasteiger charge is 2.12. The van der Waals surface area contributed by atoms with Gasteiger partial charge in [-0.3, -0.25) is 0 Å². The summed E-state index contributed by atoms with van der Waals surface area (Å²) in [5.74, 6) is 0.332. The highest BCUT2D eigenvalue weighted by Crippen LogP contribution is 2.30. The van der Waals surface area contributed by atoms with Crippen molar-refractivity contribution in [3.8, 4) is 17.4 Å². The van der Waals surface area contributed by atoms with E-state index in [1.165, 1.54) is 6.92 Å². The number of aromatic nitrogens is 1. The van der Waals surface area contributed by atoms with E-state index < -0.39 is 12.1 Å². The molecule has 5 nitrogen and oxygen atoms in total. The van der Waals surface area contributed by atoms with Gasteiger partial charge in [-0.05, 0) is 49.4 Å². The molecule has 128 valence electrons. The fourth-order valence-electron chi connectivity index (χ4n) is 2.16. The van der Waals surface area contributed by atoms with Crippen molar-refractivity contribution in [2.45, 2.75) is 13.0 Å². The topological polar surface area (TPSA) is 68.7 Å². The summed E-state index contributed by atoms with van der Waals surface area (Å²) in [4.78, 5) is 15.2. The minimum Gasteiger partial charge on any atom is -0.479 e. The minimum absolute atomic E-state index is 0.387. The molecule has 0 fully saturated rings. The van der Waals surface area contributed by atoms with Crippen LogP contribution in [0.15, 0.2) is 48.5 Å². The fraction of sp³-hybridized carbons (Fsp3) is 0.111. The number of carbonyl (C=O) groups is 1. The largest absolute Gasteiger partial charge is 0.479 e. The molecule has 1 aromatic heterocycles. The maximum Gasteiger partial charge on any atom is 0.344 e. The predicted octanol–water partition coefficient (Wildman–Crippen LogP) is 5.19. The van der Waals surface area contributed by atoms with Crippen molar-refractivity contribution in [1.29, 1.82) is 0 Å². The zero-order valence-electron chi connectivity index (χ0n) is 13.1. The van der Waals surface area contributed by atoms with Crippen LogP contribution in [0.5, 0.6) is 17.4 Å². The molecular formula is C18H13Cl2NO4. The lowest BCUT2D eigenvalue weighted by Crippen LogP contribution is -2.22. The Balaban J connectivity index is 1.78. The standard InChI is InChI=1S/C18H13Cl2NO4/c1-10(18(22)23)24-12-2-4-13(5-3-12)25-17-7-6-14-15(20)8-11(19)9-16(14)21-17/h2-10H,1H3,(H,22,23)/t10-/m1/s1. The van der Waals surface area contributed by atoms with Crippen molar-refractivity contribution >= 4 is 40.1 Å². The lowest BCUT2D eigenvalue weighted by atomic mass is 10.2. The van der Waals surface area contributed by atoms with Crippen LogP contribution >= 0.6 is 23.2 Å². The Morgan fingerprint density at radius 1 is 1.08 bits per heavy atom. The van der Waals surface area contributed by atoms with E-state index in [1.54, 1.807) is 42.5 Å². The number of benzene rings is 2. The number of hydrogen-bond donors (Lipinski definition) is 1. The molecule has 25 heavy (non-hydrogen) atoms. The highest BCUT2D eigenvalue weighted by atomic mass is 35.5. The van der Waals surface area contributed by atoms with E-state index in [2.05, 4.69) is 4.98 Å². The van der Waals surface area contributed by atoms with E-state index in [-0.39, 0.29) is 0 Å². The van der Waals surface area contributed by atoms with Gasteiger partial charge in [-0.2, -0.15) is 0 Å². The van der Waals surface area contributed by atoms with E-state index in [1.807, 2.05) is 6.07 Å². The third-order valence-corrected chi connectivity index (χ3v) is 3.93. The molecule has 0 amide bonds. The highest BCUT2D eigenvalue weighted by molar-refractivity contribution is 6.38. The molecule has 0 unspecified atom stereocenters. The van der Waals surface area contributed by atoms with Crippen LogP contribution in [0, 0.1) is 0 Å². The van der Waals surface area contributed by atoms with Gasteiger partial charge < -0.3 is 14.6 Å². The normalized spacial score (nSPS) is 12.0. The fourth-order valence-corrected chi connectivity index (χ4v) is 2.70. The number of halogens is 2. The lowest BCUT2D eigenvalue weighted by Gasteiger charge is -2.11. The molecular weight excluding hydrogens is 365 g/mol. The van der Waals surface area contributed by atoms with Crippen molar-refractivity contribution in [3.05, 3.63) is 58.6 Å². The summed E-state index contributed by atoms with van der Waals surface area (Å²) >= 11 is 12.1. The third kappa shape index (κ3) is 4.13. The number of pyridine rings is 1. The molecule has 3 aromatic rings. The summed E-state index contributed by atoms with van der Waals surface area (Å²) < 4.78 is 11.0. The van der Waals surface area contributed by atoms with Crippen molar-refractivity contribution in [2.24, 2.45) is 0 Å². The molecule has 1 heterocycles. The maximum absolute atomic E-state index is 10.8. The molecule has 0 aliphatic rings. The Labute approximate surface area is 153 Å². The van der Waals surface area contributed by atoms with E-state index in [0.717, 1.165) is 5.39 Å². The van der Waals surface area contributed by atoms with Crippen molar-refractivity contribution in [3.63, 3.8) is 0 Å². The van der Waals surface area contributed by atoms with Crippen LogP contribution in [0.3, 0.4) is 0 Å². The van der Waals surface area contributed by atoms with Crippen LogP contribution in [-0.4, -0.2) is 22.2 Å². The molecule has 0 spiro atoms. The zero-order chi connectivity index (χ0) is 18.0. The van der Waals surface area contributed by atoms with Gasteiger partial charge in [0.25, 0.3) is 0 Å². The van der Waals surface area contributed by atoms with Gasteiger partial charge in [0, 0.05) is 16.5 Å². The van der Waals surface area contributed by atoms with E-state index in [9.17, 15) is 4.79 Å². The van der Waals surface area contributed by atoms with Gasteiger partial charge in [0.05, 0.1) is 10.5 Å². The van der Waals surface area contributed by atoms with E-state index >= 15 is 0 Å². The first-order valence-corrected chi connectivity index (χ1v) is 8.11. The second kappa shape index (κ2) is 7.17. The van der Waals surface area contributed by atoms with Crippen LogP contribution in [0.4, 0.5) is 0 Å². The number of nitrogens with zero attached hydrogens (tertiary/aromatic N) is 1. The van der Waals surface area contributed by atoms with Gasteiger partial charge in [-0.25, -0.2) is 9.78 Å². The van der Waals surface area contributed by atoms with Crippen molar-refractivity contribution < 1.29 is 19.4 Å². The molecule has 0 saturated heterocycles. The second-order valence-corrected chi connectivity index (χ2v) is 6.12. The molecule has 3 rings (SSSR count). The summed E-state index contributed by atoms with van der Waals surface area (Å²) in [7, 11) is 0. The maximum atomic E-state index is 10.8. The Hall–Kier alpha value is -2.50. The number of aliphatic carboxylic acids is 1. The SMILES string of the molecule is C[C@@H](Oc1ccc(Oc2ccc3c(Cl)cc(Cl)cc3n2)cc1)C(=O)O. The molecule has 7 heteroatoms. The van der Waals surface area contributed by atoms with Crippen LogP contribution < -0.4 is 9.47 Å². The Kier molecular flexibility index (Phi) is 4.97. The summed E-state index contributed by atoms with van der Waals surface area (Å²) in [6, 6.07) is 13.5. The van der Waals surface area contributed by atoms with Gasteiger partial charge in [0.2, 0.25) is 5.88 Å². The molecule has 0 bridgehead atoms. The average Bonchev–Trinajstić information content (AvgIpc) is 2.56. The summed E-state index contributed by atoms with van der Waals surface area (Å²) in [5.41, 5.74) is 0.630. The summed E-state index contributed by atoms with van der Waals surface area (Å²) in [6.45, 7) is 1.46. The van der Waals surface area contributed by atoms with Gasteiger partial charge in [-0.15, -0.1) is 0 Å². The quantitative estimate of drug-likeness (QED) is 0.662. The molecule has 2 aromatic carbocycles. The second-order valence-electron chi connectivity index (χ2n) is 5.28. The molecule has 1 N–H and O–H groups in total. The Morgan fingerprint density at radius 2 is 1.76 bits per heavy atom. The van der Waals surface area contributed by atoms with Crippen LogP contribution in [0.1, 0.15) is 6.92 Å². The number of rotatable bonds is 5. The average molecular weight is 378 g/mol. The number of hydrogen-bond acceptors (Lipinski definition) is 4. The summed E-state index contributed by atoms with van der Waals surface area (Å²) in [5, 5.41) is 10.6. The lowest BCUT2D eigenvalue weighted by molar-refractivity contribution is -0.144. The van der Waals surface area contributed by atoms with Gasteiger partial charge >= 0.3 is 5.97 Å². The predicted molar refractivity (Wildman–Crippen MR) is 96.0 cm³/mol. The molecule has 0 radical (unpaired) electrons. The smallest absolute Gasteiger partial charge is 0.344 e. The van der Waals surface area contributed by atoms with Crippen LogP contribution in [0.2, 0.25) is 10.0 Å². The van der Waals surface area contributed by atoms with E-state index in [4.69, 9.17) is 37.8 Å². The van der Waals surface area contributed by atoms with Gasteiger partial charge in [0.1, 0.15) is 11.5 Å². The van der Waals surface area contributed by atoms with Crippen LogP contribution in [0.25, 0.3) is 10.9 Å².